The van der Waals surface area contributed by atoms with Crippen molar-refractivity contribution in [2.45, 2.75) is 6.54 Å². The van der Waals surface area contributed by atoms with Gasteiger partial charge in [-0.15, -0.1) is 0 Å². The molecule has 23 heavy (non-hydrogen) atoms. The number of azo groups is 1. The van der Waals surface area contributed by atoms with Gasteiger partial charge < -0.3 is 0 Å². The van der Waals surface area contributed by atoms with Gasteiger partial charge >= 0.3 is 0 Å². The Morgan fingerprint density at radius 1 is 0.826 bits per heavy atom. The average molecular weight is 297 g/mol. The SMILES string of the molecule is N#CC(C#N)=C(C#N)c1ccc(N=NCc2ccccc2)cc1. The number of rotatable bonds is 4. The lowest BCUT2D eigenvalue weighted by Crippen LogP contribution is -1.86. The van der Waals surface area contributed by atoms with Crippen molar-refractivity contribution in [2.24, 2.45) is 10.2 Å². The molecule has 0 N–H and O–H groups in total. The summed E-state index contributed by atoms with van der Waals surface area (Å²) in [6, 6.07) is 21.8. The van der Waals surface area contributed by atoms with Crippen LogP contribution in [0.4, 0.5) is 5.69 Å². The standard InChI is InChI=1S/C18H11N5/c19-10-16(11-20)18(12-21)15-6-8-17(9-7-15)23-22-13-14-4-2-1-3-5-14/h1-9H,13H2. The zero-order chi connectivity index (χ0) is 16.5. The molecule has 0 saturated carbocycles. The summed E-state index contributed by atoms with van der Waals surface area (Å²) in [5.74, 6) is 0. The van der Waals surface area contributed by atoms with Gasteiger partial charge in [0, 0.05) is 0 Å². The second-order valence-corrected chi connectivity index (χ2v) is 4.52. The molecule has 0 aliphatic heterocycles. The van der Waals surface area contributed by atoms with E-state index in [4.69, 9.17) is 15.8 Å². The Kier molecular flexibility index (Phi) is 5.36. The van der Waals surface area contributed by atoms with E-state index in [9.17, 15) is 0 Å². The van der Waals surface area contributed by atoms with E-state index in [0.29, 0.717) is 17.8 Å². The Morgan fingerprint density at radius 2 is 1.48 bits per heavy atom. The van der Waals surface area contributed by atoms with Crippen LogP contribution in [0.15, 0.2) is 70.4 Å². The van der Waals surface area contributed by atoms with Gasteiger partial charge in [0.1, 0.15) is 23.8 Å². The molecule has 108 valence electrons. The van der Waals surface area contributed by atoms with Gasteiger partial charge in [0.05, 0.1) is 17.8 Å². The van der Waals surface area contributed by atoms with Crippen LogP contribution < -0.4 is 0 Å². The van der Waals surface area contributed by atoms with Crippen LogP contribution in [0.1, 0.15) is 11.1 Å². The van der Waals surface area contributed by atoms with E-state index in [1.165, 1.54) is 0 Å². The van der Waals surface area contributed by atoms with Gasteiger partial charge in [0.15, 0.2) is 0 Å². The van der Waals surface area contributed by atoms with Gasteiger partial charge in [0.2, 0.25) is 0 Å². The molecule has 0 bridgehead atoms. The molecule has 2 aromatic carbocycles. The molecular formula is C18H11N5. The maximum Gasteiger partial charge on any atom is 0.148 e. The van der Waals surface area contributed by atoms with Gasteiger partial charge in [-0.05, 0) is 23.3 Å². The van der Waals surface area contributed by atoms with E-state index in [1.807, 2.05) is 36.4 Å². The first kappa shape index (κ1) is 15.6. The van der Waals surface area contributed by atoms with Gasteiger partial charge in [-0.2, -0.15) is 26.0 Å². The van der Waals surface area contributed by atoms with Gasteiger partial charge in [-0.25, -0.2) is 0 Å². The van der Waals surface area contributed by atoms with Gasteiger partial charge in [0.25, 0.3) is 0 Å². The van der Waals surface area contributed by atoms with Crippen molar-refractivity contribution in [3.63, 3.8) is 0 Å². The largest absolute Gasteiger partial charge is 0.192 e. The Balaban J connectivity index is 2.15. The Bertz CT molecular complexity index is 841. The zero-order valence-electron chi connectivity index (χ0n) is 12.1. The predicted molar refractivity (Wildman–Crippen MR) is 84.9 cm³/mol. The van der Waals surface area contributed by atoms with Crippen molar-refractivity contribution in [3.05, 3.63) is 71.3 Å². The highest BCUT2D eigenvalue weighted by atomic mass is 15.1. The lowest BCUT2D eigenvalue weighted by Gasteiger charge is -1.99. The van der Waals surface area contributed by atoms with Crippen molar-refractivity contribution < 1.29 is 0 Å². The third kappa shape index (κ3) is 4.11. The highest BCUT2D eigenvalue weighted by Crippen LogP contribution is 2.21. The second-order valence-electron chi connectivity index (χ2n) is 4.52. The smallest absolute Gasteiger partial charge is 0.148 e. The lowest BCUT2D eigenvalue weighted by molar-refractivity contribution is 0.959. The molecule has 0 aliphatic carbocycles. The van der Waals surface area contributed by atoms with Crippen molar-refractivity contribution in [1.82, 2.24) is 0 Å². The first-order valence-electron chi connectivity index (χ1n) is 6.75. The monoisotopic (exact) mass is 297 g/mol. The van der Waals surface area contributed by atoms with Crippen LogP contribution in [0.2, 0.25) is 0 Å². The molecule has 0 atom stereocenters. The second kappa shape index (κ2) is 7.88. The van der Waals surface area contributed by atoms with Crippen LogP contribution in [0, 0.1) is 34.0 Å². The normalized spacial score (nSPS) is 9.61. The van der Waals surface area contributed by atoms with Crippen LogP contribution in [0.5, 0.6) is 0 Å². The van der Waals surface area contributed by atoms with E-state index in [1.54, 1.807) is 36.4 Å². The summed E-state index contributed by atoms with van der Waals surface area (Å²) in [6.07, 6.45) is 0. The Morgan fingerprint density at radius 3 is 2.04 bits per heavy atom. The van der Waals surface area contributed by atoms with Crippen molar-refractivity contribution in [3.8, 4) is 18.2 Å². The lowest BCUT2D eigenvalue weighted by atomic mass is 10.0. The van der Waals surface area contributed by atoms with Crippen LogP contribution in [-0.4, -0.2) is 0 Å². The fraction of sp³-hybridized carbons (Fsp3) is 0.0556. The van der Waals surface area contributed by atoms with Crippen molar-refractivity contribution >= 4 is 11.3 Å². The first-order chi connectivity index (χ1) is 11.3. The molecule has 5 nitrogen and oxygen atoms in total. The summed E-state index contributed by atoms with van der Waals surface area (Å²) >= 11 is 0. The highest BCUT2D eigenvalue weighted by Gasteiger charge is 2.08. The van der Waals surface area contributed by atoms with E-state index < -0.39 is 0 Å². The molecule has 0 radical (unpaired) electrons. The van der Waals surface area contributed by atoms with Crippen molar-refractivity contribution in [1.29, 1.82) is 15.8 Å². The predicted octanol–water partition coefficient (Wildman–Crippen LogP) is 4.29. The minimum Gasteiger partial charge on any atom is -0.192 e. The summed E-state index contributed by atoms with van der Waals surface area (Å²) in [5, 5.41) is 35.0. The number of nitrogens with zero attached hydrogens (tertiary/aromatic N) is 5. The van der Waals surface area contributed by atoms with Gasteiger partial charge in [-0.1, -0.05) is 42.5 Å². The summed E-state index contributed by atoms with van der Waals surface area (Å²) < 4.78 is 0. The molecule has 0 aliphatic rings. The number of benzene rings is 2. The summed E-state index contributed by atoms with van der Waals surface area (Å²) in [4.78, 5) is 0. The molecule has 0 saturated heterocycles. The van der Waals surface area contributed by atoms with E-state index in [2.05, 4.69) is 10.2 Å². The van der Waals surface area contributed by atoms with E-state index in [-0.39, 0.29) is 11.1 Å². The van der Waals surface area contributed by atoms with Gasteiger partial charge in [-0.3, -0.25) is 0 Å². The summed E-state index contributed by atoms with van der Waals surface area (Å²) in [6.45, 7) is 0.485. The van der Waals surface area contributed by atoms with Crippen LogP contribution >= 0.6 is 0 Å². The fourth-order valence-electron chi connectivity index (χ4n) is 1.88. The molecular weight excluding hydrogens is 286 g/mol. The molecule has 2 rings (SSSR count). The quantitative estimate of drug-likeness (QED) is 0.621. The number of hydrogen-bond donors (Lipinski definition) is 0. The van der Waals surface area contributed by atoms with Crippen molar-refractivity contribution in [2.75, 3.05) is 0 Å². The molecule has 0 unspecified atom stereocenters. The molecule has 0 spiro atoms. The van der Waals surface area contributed by atoms with E-state index in [0.717, 1.165) is 5.56 Å². The summed E-state index contributed by atoms with van der Waals surface area (Å²) in [5.41, 5.74) is 2.06. The number of allylic oxidation sites excluding steroid dienone is 2. The third-order valence-corrected chi connectivity index (χ3v) is 3.02. The minimum atomic E-state index is -0.203. The van der Waals surface area contributed by atoms with E-state index >= 15 is 0 Å². The number of hydrogen-bond acceptors (Lipinski definition) is 5. The minimum absolute atomic E-state index is 0.0581. The molecule has 0 aromatic heterocycles. The molecule has 0 amide bonds. The van der Waals surface area contributed by atoms with Crippen LogP contribution in [-0.2, 0) is 6.54 Å². The number of nitriles is 3. The maximum atomic E-state index is 9.10. The average Bonchev–Trinajstić information content (AvgIpc) is 2.61. The topological polar surface area (TPSA) is 96.1 Å². The molecule has 0 heterocycles. The Labute approximate surface area is 134 Å². The van der Waals surface area contributed by atoms with Crippen LogP contribution in [0.25, 0.3) is 5.57 Å². The molecule has 2 aromatic rings. The maximum absolute atomic E-state index is 9.10. The highest BCUT2D eigenvalue weighted by molar-refractivity contribution is 5.84. The first-order valence-corrected chi connectivity index (χ1v) is 6.75. The van der Waals surface area contributed by atoms with Crippen LogP contribution in [0.3, 0.4) is 0 Å². The Hall–Kier alpha value is -3.75. The zero-order valence-corrected chi connectivity index (χ0v) is 12.1. The molecule has 0 fully saturated rings. The third-order valence-electron chi connectivity index (χ3n) is 3.02. The summed E-state index contributed by atoms with van der Waals surface area (Å²) in [7, 11) is 0. The fourth-order valence-corrected chi connectivity index (χ4v) is 1.88. The molecule has 5 heteroatoms.